The lowest BCUT2D eigenvalue weighted by molar-refractivity contribution is 0.112. The van der Waals surface area contributed by atoms with Crippen molar-refractivity contribution >= 4 is 26.2 Å². The summed E-state index contributed by atoms with van der Waals surface area (Å²) < 4.78 is 5.72. The van der Waals surface area contributed by atoms with Crippen molar-refractivity contribution < 1.29 is 9.22 Å². The number of halogens is 1. The number of benzene rings is 1. The maximum absolute atomic E-state index is 10.6. The highest BCUT2D eigenvalue weighted by Gasteiger charge is 2.18. The Morgan fingerprint density at radius 3 is 2.50 bits per heavy atom. The Labute approximate surface area is 90.0 Å². The van der Waals surface area contributed by atoms with Crippen molar-refractivity contribution in [2.45, 2.75) is 19.6 Å². The smallest absolute Gasteiger partial charge is 0.242 e. The summed E-state index contributed by atoms with van der Waals surface area (Å²) in [6, 6.07) is 5.23. The van der Waals surface area contributed by atoms with E-state index in [1.807, 2.05) is 0 Å². The van der Waals surface area contributed by atoms with E-state index in [1.54, 1.807) is 18.2 Å². The van der Waals surface area contributed by atoms with Crippen LogP contribution in [0.1, 0.15) is 10.4 Å². The summed E-state index contributed by atoms with van der Waals surface area (Å²) in [6.45, 7) is 6.20. The molecule has 2 nitrogen and oxygen atoms in total. The molecule has 76 valence electrons. The van der Waals surface area contributed by atoms with Gasteiger partial charge in [-0.2, -0.15) is 0 Å². The van der Waals surface area contributed by atoms with Gasteiger partial charge in [0.15, 0.2) is 6.29 Å². The predicted molar refractivity (Wildman–Crippen MR) is 60.8 cm³/mol. The van der Waals surface area contributed by atoms with Crippen molar-refractivity contribution in [3.63, 3.8) is 0 Å². The molecule has 0 saturated heterocycles. The van der Waals surface area contributed by atoms with Gasteiger partial charge in [-0.15, -0.1) is 0 Å². The third-order valence-electron chi connectivity index (χ3n) is 1.54. The third-order valence-corrected chi connectivity index (χ3v) is 2.77. The van der Waals surface area contributed by atoms with Crippen molar-refractivity contribution in [1.82, 2.24) is 0 Å². The highest BCUT2D eigenvalue weighted by Crippen LogP contribution is 2.29. The molecule has 14 heavy (non-hydrogen) atoms. The summed E-state index contributed by atoms with van der Waals surface area (Å²) in [5.74, 6) is 0.607. The number of carbonyl (C=O) groups is 1. The van der Waals surface area contributed by atoms with Crippen molar-refractivity contribution in [2.24, 2.45) is 0 Å². The van der Waals surface area contributed by atoms with Crippen LogP contribution in [0.5, 0.6) is 5.75 Å². The SMILES string of the molecule is C[Si](C)(C)Oc1cccc(C=O)c1Cl. The second-order valence-corrected chi connectivity index (χ2v) is 8.80. The first-order valence-corrected chi connectivity index (χ1v) is 8.15. The largest absolute Gasteiger partial charge is 0.543 e. The molecule has 0 spiro atoms. The Balaban J connectivity index is 3.04. The minimum Gasteiger partial charge on any atom is -0.543 e. The number of aldehydes is 1. The maximum atomic E-state index is 10.6. The normalized spacial score (nSPS) is 11.1. The summed E-state index contributed by atoms with van der Waals surface area (Å²) >= 11 is 5.98. The molecule has 0 aliphatic carbocycles. The molecule has 0 amide bonds. The Hall–Kier alpha value is -0.803. The summed E-state index contributed by atoms with van der Waals surface area (Å²) in [5.41, 5.74) is 0.474. The molecule has 0 aliphatic rings. The highest BCUT2D eigenvalue weighted by molar-refractivity contribution is 6.70. The fourth-order valence-electron chi connectivity index (χ4n) is 1.03. The molecule has 0 radical (unpaired) electrons. The van der Waals surface area contributed by atoms with Gasteiger partial charge >= 0.3 is 0 Å². The molecule has 1 aromatic rings. The summed E-state index contributed by atoms with van der Waals surface area (Å²) in [6.07, 6.45) is 0.736. The van der Waals surface area contributed by atoms with Crippen LogP contribution in [0.15, 0.2) is 18.2 Å². The molecule has 0 fully saturated rings. The van der Waals surface area contributed by atoms with E-state index < -0.39 is 8.32 Å². The van der Waals surface area contributed by atoms with Crippen LogP contribution in [0.25, 0.3) is 0 Å². The second kappa shape index (κ2) is 4.15. The molecule has 0 atom stereocenters. The molecule has 1 aromatic carbocycles. The van der Waals surface area contributed by atoms with Gasteiger partial charge in [0.2, 0.25) is 8.32 Å². The summed E-state index contributed by atoms with van der Waals surface area (Å²) in [5, 5.41) is 0.407. The molecule has 0 unspecified atom stereocenters. The van der Waals surface area contributed by atoms with Crippen molar-refractivity contribution in [2.75, 3.05) is 0 Å². The van der Waals surface area contributed by atoms with Crippen molar-refractivity contribution in [1.29, 1.82) is 0 Å². The van der Waals surface area contributed by atoms with Crippen molar-refractivity contribution in [3.05, 3.63) is 28.8 Å². The van der Waals surface area contributed by atoms with E-state index in [-0.39, 0.29) is 0 Å². The van der Waals surface area contributed by atoms with E-state index >= 15 is 0 Å². The van der Waals surface area contributed by atoms with Crippen LogP contribution in [0, 0.1) is 0 Å². The lowest BCUT2D eigenvalue weighted by Gasteiger charge is -2.20. The number of hydrogen-bond acceptors (Lipinski definition) is 2. The highest BCUT2D eigenvalue weighted by atomic mass is 35.5. The standard InChI is InChI=1S/C10H13ClO2Si/c1-14(2,3)13-9-6-4-5-8(7-12)10(9)11/h4-7H,1-3H3. The molecule has 0 aliphatic heterocycles. The molecular weight excluding hydrogens is 216 g/mol. The van der Waals surface area contributed by atoms with E-state index in [2.05, 4.69) is 19.6 Å². The molecule has 1 rings (SSSR count). The first kappa shape index (κ1) is 11.3. The van der Waals surface area contributed by atoms with Gasteiger partial charge < -0.3 is 4.43 Å². The van der Waals surface area contributed by atoms with E-state index in [0.29, 0.717) is 16.3 Å². The van der Waals surface area contributed by atoms with E-state index in [1.165, 1.54) is 0 Å². The first-order chi connectivity index (χ1) is 6.44. The molecular formula is C10H13ClO2Si. The second-order valence-electron chi connectivity index (χ2n) is 3.99. The number of carbonyl (C=O) groups excluding carboxylic acids is 1. The molecule has 0 bridgehead atoms. The van der Waals surface area contributed by atoms with Gasteiger partial charge in [0, 0.05) is 5.56 Å². The fourth-order valence-corrected chi connectivity index (χ4v) is 2.13. The first-order valence-electron chi connectivity index (χ1n) is 4.37. The molecule has 0 saturated carbocycles. The Kier molecular flexibility index (Phi) is 3.34. The van der Waals surface area contributed by atoms with Gasteiger partial charge in [-0.05, 0) is 31.8 Å². The lowest BCUT2D eigenvalue weighted by atomic mass is 10.2. The Morgan fingerprint density at radius 2 is 2.00 bits per heavy atom. The van der Waals surface area contributed by atoms with Gasteiger partial charge in [-0.3, -0.25) is 4.79 Å². The fraction of sp³-hybridized carbons (Fsp3) is 0.300. The van der Waals surface area contributed by atoms with E-state index in [4.69, 9.17) is 16.0 Å². The zero-order valence-corrected chi connectivity index (χ0v) is 10.3. The van der Waals surface area contributed by atoms with Crippen LogP contribution in [0.3, 0.4) is 0 Å². The van der Waals surface area contributed by atoms with Crippen LogP contribution in [0.4, 0.5) is 0 Å². The summed E-state index contributed by atoms with van der Waals surface area (Å²) in [4.78, 5) is 10.6. The van der Waals surface area contributed by atoms with E-state index in [0.717, 1.165) is 6.29 Å². The third kappa shape index (κ3) is 2.85. The van der Waals surface area contributed by atoms with Crippen molar-refractivity contribution in [3.8, 4) is 5.75 Å². The van der Waals surface area contributed by atoms with Gasteiger partial charge in [0.05, 0.1) is 5.02 Å². The van der Waals surface area contributed by atoms with Crippen LogP contribution in [-0.4, -0.2) is 14.6 Å². The quantitative estimate of drug-likeness (QED) is 0.586. The predicted octanol–water partition coefficient (Wildman–Crippen LogP) is 3.37. The van der Waals surface area contributed by atoms with Crippen LogP contribution < -0.4 is 4.43 Å². The minimum atomic E-state index is -1.67. The Bertz CT molecular complexity index is 344. The monoisotopic (exact) mass is 228 g/mol. The van der Waals surface area contributed by atoms with Gasteiger partial charge in [0.25, 0.3) is 0 Å². The van der Waals surface area contributed by atoms with Gasteiger partial charge in [0.1, 0.15) is 5.75 Å². The van der Waals surface area contributed by atoms with Crippen LogP contribution >= 0.6 is 11.6 Å². The molecule has 4 heteroatoms. The maximum Gasteiger partial charge on any atom is 0.242 e. The number of hydrogen-bond donors (Lipinski definition) is 0. The topological polar surface area (TPSA) is 26.3 Å². The van der Waals surface area contributed by atoms with E-state index in [9.17, 15) is 4.79 Å². The van der Waals surface area contributed by atoms with Gasteiger partial charge in [-0.25, -0.2) is 0 Å². The van der Waals surface area contributed by atoms with Crippen LogP contribution in [0.2, 0.25) is 24.7 Å². The Morgan fingerprint density at radius 1 is 1.36 bits per heavy atom. The van der Waals surface area contributed by atoms with Gasteiger partial charge in [-0.1, -0.05) is 17.7 Å². The zero-order chi connectivity index (χ0) is 10.8. The minimum absolute atomic E-state index is 0.407. The molecule has 0 aromatic heterocycles. The van der Waals surface area contributed by atoms with Crippen LogP contribution in [-0.2, 0) is 0 Å². The average molecular weight is 229 g/mol. The number of rotatable bonds is 3. The molecule has 0 N–H and O–H groups in total. The molecule has 0 heterocycles. The summed E-state index contributed by atoms with van der Waals surface area (Å²) in [7, 11) is -1.67. The average Bonchev–Trinajstić information content (AvgIpc) is 2.06. The lowest BCUT2D eigenvalue weighted by Crippen LogP contribution is -2.29. The zero-order valence-electron chi connectivity index (χ0n) is 8.50.